The summed E-state index contributed by atoms with van der Waals surface area (Å²) in [5.74, 6) is 0.595. The topological polar surface area (TPSA) is 21.3 Å². The normalized spacial score (nSPS) is 35.1. The van der Waals surface area contributed by atoms with Gasteiger partial charge in [0.1, 0.15) is 5.72 Å². The summed E-state index contributed by atoms with van der Waals surface area (Å²) >= 11 is 0. The quantitative estimate of drug-likeness (QED) is 0.740. The molecule has 1 aliphatic carbocycles. The summed E-state index contributed by atoms with van der Waals surface area (Å²) < 4.78 is 6.41. The summed E-state index contributed by atoms with van der Waals surface area (Å²) in [4.78, 5) is 0. The van der Waals surface area contributed by atoms with Crippen LogP contribution in [0.3, 0.4) is 0 Å². The van der Waals surface area contributed by atoms with Crippen LogP contribution in [0.25, 0.3) is 0 Å². The van der Waals surface area contributed by atoms with Crippen molar-refractivity contribution in [2.75, 3.05) is 6.54 Å². The molecule has 0 aromatic heterocycles. The summed E-state index contributed by atoms with van der Waals surface area (Å²) in [6.45, 7) is 14.9. The van der Waals surface area contributed by atoms with Gasteiger partial charge in [0, 0.05) is 12.0 Å². The van der Waals surface area contributed by atoms with E-state index in [9.17, 15) is 0 Å². The first-order valence-corrected chi connectivity index (χ1v) is 6.59. The molecular formula is C14H27NO. The van der Waals surface area contributed by atoms with Gasteiger partial charge in [0.25, 0.3) is 0 Å². The highest BCUT2D eigenvalue weighted by Gasteiger charge is 2.56. The van der Waals surface area contributed by atoms with Crippen LogP contribution in [-0.4, -0.2) is 18.4 Å². The average molecular weight is 225 g/mol. The predicted molar refractivity (Wildman–Crippen MR) is 67.2 cm³/mol. The van der Waals surface area contributed by atoms with Crippen LogP contribution in [0.4, 0.5) is 0 Å². The van der Waals surface area contributed by atoms with E-state index in [1.165, 1.54) is 0 Å². The van der Waals surface area contributed by atoms with Crippen LogP contribution in [0.2, 0.25) is 0 Å². The van der Waals surface area contributed by atoms with Crippen LogP contribution in [0, 0.1) is 16.7 Å². The molecule has 2 heteroatoms. The van der Waals surface area contributed by atoms with Gasteiger partial charge in [0.2, 0.25) is 0 Å². The van der Waals surface area contributed by atoms with E-state index in [1.54, 1.807) is 0 Å². The second-order valence-electron chi connectivity index (χ2n) is 7.64. The van der Waals surface area contributed by atoms with Crippen LogP contribution in [0.5, 0.6) is 0 Å². The minimum absolute atomic E-state index is 0.00600. The molecular weight excluding hydrogens is 198 g/mol. The molecule has 0 radical (unpaired) electrons. The number of hydrogen-bond acceptors (Lipinski definition) is 2. The highest BCUT2D eigenvalue weighted by molar-refractivity contribution is 5.04. The number of rotatable bonds is 1. The van der Waals surface area contributed by atoms with Gasteiger partial charge in [-0.3, -0.25) is 5.32 Å². The molecule has 0 amide bonds. The standard InChI is InChI=1S/C14H27NO/c1-10(2)11-13(5,6)9-15-14(16-11)7-12(3,4)8-14/h10-11,15H,7-9H2,1-6H3. The maximum absolute atomic E-state index is 6.41. The number of hydrogen-bond donors (Lipinski definition) is 1. The third kappa shape index (κ3) is 2.02. The molecule has 16 heavy (non-hydrogen) atoms. The highest BCUT2D eigenvalue weighted by Crippen LogP contribution is 2.52. The van der Waals surface area contributed by atoms with Crippen molar-refractivity contribution in [3.05, 3.63) is 0 Å². The Morgan fingerprint density at radius 2 is 1.69 bits per heavy atom. The Bertz CT molecular complexity index is 272. The molecule has 2 aliphatic rings. The Morgan fingerprint density at radius 1 is 1.12 bits per heavy atom. The average Bonchev–Trinajstić information content (AvgIpc) is 2.05. The lowest BCUT2D eigenvalue weighted by Gasteiger charge is -2.60. The molecule has 1 aliphatic heterocycles. The van der Waals surface area contributed by atoms with Crippen molar-refractivity contribution in [1.29, 1.82) is 0 Å². The van der Waals surface area contributed by atoms with Crippen molar-refractivity contribution >= 4 is 0 Å². The minimum atomic E-state index is -0.00600. The van der Waals surface area contributed by atoms with Crippen LogP contribution in [0.15, 0.2) is 0 Å². The van der Waals surface area contributed by atoms with E-state index in [2.05, 4.69) is 46.9 Å². The zero-order valence-electron chi connectivity index (χ0n) is 11.7. The van der Waals surface area contributed by atoms with E-state index in [4.69, 9.17) is 4.74 Å². The summed E-state index contributed by atoms with van der Waals surface area (Å²) in [5.41, 5.74) is 0.698. The van der Waals surface area contributed by atoms with Crippen LogP contribution in [0.1, 0.15) is 54.4 Å². The van der Waals surface area contributed by atoms with E-state index in [0.29, 0.717) is 17.4 Å². The molecule has 0 aromatic carbocycles. The largest absolute Gasteiger partial charge is 0.357 e. The van der Waals surface area contributed by atoms with Crippen molar-refractivity contribution < 1.29 is 4.74 Å². The Morgan fingerprint density at radius 3 is 2.12 bits per heavy atom. The molecule has 1 unspecified atom stereocenters. The zero-order valence-corrected chi connectivity index (χ0v) is 11.7. The minimum Gasteiger partial charge on any atom is -0.357 e. The van der Waals surface area contributed by atoms with Gasteiger partial charge in [0.05, 0.1) is 6.10 Å². The molecule has 2 nitrogen and oxygen atoms in total. The van der Waals surface area contributed by atoms with Gasteiger partial charge in [-0.2, -0.15) is 0 Å². The summed E-state index contributed by atoms with van der Waals surface area (Å²) in [7, 11) is 0. The molecule has 1 atom stereocenters. The van der Waals surface area contributed by atoms with Gasteiger partial charge >= 0.3 is 0 Å². The maximum atomic E-state index is 6.41. The fourth-order valence-corrected chi connectivity index (χ4v) is 3.67. The van der Waals surface area contributed by atoms with Crippen molar-refractivity contribution in [1.82, 2.24) is 5.32 Å². The monoisotopic (exact) mass is 225 g/mol. The van der Waals surface area contributed by atoms with Crippen molar-refractivity contribution in [3.8, 4) is 0 Å². The Balaban J connectivity index is 2.08. The molecule has 1 saturated carbocycles. The molecule has 1 heterocycles. The summed E-state index contributed by atoms with van der Waals surface area (Å²) in [6.07, 6.45) is 2.68. The van der Waals surface area contributed by atoms with Crippen LogP contribution >= 0.6 is 0 Å². The molecule has 1 saturated heterocycles. The third-order valence-corrected chi connectivity index (χ3v) is 4.12. The van der Waals surface area contributed by atoms with E-state index >= 15 is 0 Å². The number of ether oxygens (including phenoxy) is 1. The third-order valence-electron chi connectivity index (χ3n) is 4.12. The van der Waals surface area contributed by atoms with Gasteiger partial charge in [-0.1, -0.05) is 41.5 Å². The zero-order chi connectivity index (χ0) is 12.2. The van der Waals surface area contributed by atoms with Gasteiger partial charge in [-0.05, 0) is 24.2 Å². The highest BCUT2D eigenvalue weighted by atomic mass is 16.5. The molecule has 1 spiro atoms. The van der Waals surface area contributed by atoms with Crippen molar-refractivity contribution in [2.45, 2.75) is 66.2 Å². The lowest BCUT2D eigenvalue weighted by atomic mass is 9.63. The van der Waals surface area contributed by atoms with Gasteiger partial charge in [0.15, 0.2) is 0 Å². The van der Waals surface area contributed by atoms with E-state index in [0.717, 1.165) is 19.4 Å². The fourth-order valence-electron chi connectivity index (χ4n) is 3.67. The first kappa shape index (κ1) is 12.4. The smallest absolute Gasteiger partial charge is 0.120 e. The summed E-state index contributed by atoms with van der Waals surface area (Å²) in [5, 5.41) is 3.64. The molecule has 94 valence electrons. The van der Waals surface area contributed by atoms with Gasteiger partial charge in [-0.25, -0.2) is 0 Å². The molecule has 2 rings (SSSR count). The first-order chi connectivity index (χ1) is 7.16. The summed E-state index contributed by atoms with van der Waals surface area (Å²) in [6, 6.07) is 0. The second kappa shape index (κ2) is 3.46. The van der Waals surface area contributed by atoms with Crippen LogP contribution < -0.4 is 5.32 Å². The van der Waals surface area contributed by atoms with Gasteiger partial charge < -0.3 is 4.74 Å². The lowest BCUT2D eigenvalue weighted by molar-refractivity contribution is -0.264. The number of nitrogens with one attached hydrogen (secondary N) is 1. The lowest BCUT2D eigenvalue weighted by Crippen LogP contribution is -2.69. The Hall–Kier alpha value is -0.0800. The Kier molecular flexibility index (Phi) is 2.67. The van der Waals surface area contributed by atoms with E-state index in [1.807, 2.05) is 0 Å². The Labute approximate surface area is 100 Å². The van der Waals surface area contributed by atoms with Crippen molar-refractivity contribution in [3.63, 3.8) is 0 Å². The molecule has 0 bridgehead atoms. The molecule has 0 aromatic rings. The molecule has 2 fully saturated rings. The van der Waals surface area contributed by atoms with Gasteiger partial charge in [-0.15, -0.1) is 0 Å². The first-order valence-electron chi connectivity index (χ1n) is 6.59. The second-order valence-corrected chi connectivity index (χ2v) is 7.64. The maximum Gasteiger partial charge on any atom is 0.120 e. The fraction of sp³-hybridized carbons (Fsp3) is 1.00. The SMILES string of the molecule is CC(C)C1OC2(CC(C)(C)C2)NCC1(C)C. The van der Waals surface area contributed by atoms with Crippen LogP contribution in [-0.2, 0) is 4.74 Å². The van der Waals surface area contributed by atoms with E-state index < -0.39 is 0 Å². The predicted octanol–water partition coefficient (Wildman–Crippen LogP) is 3.17. The van der Waals surface area contributed by atoms with Crippen molar-refractivity contribution in [2.24, 2.45) is 16.7 Å². The van der Waals surface area contributed by atoms with E-state index in [-0.39, 0.29) is 11.1 Å². The molecule has 1 N–H and O–H groups in total.